The molecule has 3 heteroatoms. The number of benzene rings is 1. The summed E-state index contributed by atoms with van der Waals surface area (Å²) in [6.45, 7) is 5.45. The molecule has 1 heterocycles. The van der Waals surface area contributed by atoms with Gasteiger partial charge in [0.25, 0.3) is 0 Å². The van der Waals surface area contributed by atoms with Crippen LogP contribution in [0.3, 0.4) is 0 Å². The third kappa shape index (κ3) is 2.79. The van der Waals surface area contributed by atoms with Crippen LogP contribution >= 0.6 is 0 Å². The fourth-order valence-corrected chi connectivity index (χ4v) is 1.93. The van der Waals surface area contributed by atoms with Crippen LogP contribution in [-0.2, 0) is 6.54 Å². The molecule has 0 unspecified atom stereocenters. The van der Waals surface area contributed by atoms with Gasteiger partial charge in [0.15, 0.2) is 0 Å². The zero-order valence-corrected chi connectivity index (χ0v) is 11.1. The summed E-state index contributed by atoms with van der Waals surface area (Å²) in [4.78, 5) is 4.55. The summed E-state index contributed by atoms with van der Waals surface area (Å²) >= 11 is 0. The van der Waals surface area contributed by atoms with Crippen molar-refractivity contribution in [1.82, 2.24) is 4.98 Å². The van der Waals surface area contributed by atoms with Gasteiger partial charge in [-0.25, -0.2) is 0 Å². The summed E-state index contributed by atoms with van der Waals surface area (Å²) in [5.74, 6) is 0.914. The lowest BCUT2D eigenvalue weighted by Gasteiger charge is -2.08. The predicted octanol–water partition coefficient (Wildman–Crippen LogP) is 3.18. The zero-order valence-electron chi connectivity index (χ0n) is 11.1. The Hall–Kier alpha value is -1.61. The average Bonchev–Trinajstić information content (AvgIpc) is 2.38. The van der Waals surface area contributed by atoms with Gasteiger partial charge in [-0.3, -0.25) is 4.98 Å². The number of unbranched alkanes of at least 4 members (excludes halogenated alkanes) is 1. The summed E-state index contributed by atoms with van der Waals surface area (Å²) in [7, 11) is 0. The van der Waals surface area contributed by atoms with E-state index in [4.69, 9.17) is 10.5 Å². The smallest absolute Gasteiger partial charge is 0.120 e. The Morgan fingerprint density at radius 1 is 1.28 bits per heavy atom. The SMILES string of the molecule is CCCCOc1ccc2nc(CN)c(C)cc2c1. The van der Waals surface area contributed by atoms with Crippen LogP contribution in [0.15, 0.2) is 24.3 Å². The van der Waals surface area contributed by atoms with E-state index in [9.17, 15) is 0 Å². The Morgan fingerprint density at radius 2 is 2.11 bits per heavy atom. The van der Waals surface area contributed by atoms with Crippen molar-refractivity contribution in [3.63, 3.8) is 0 Å². The number of pyridine rings is 1. The molecule has 1 aromatic carbocycles. The van der Waals surface area contributed by atoms with Gasteiger partial charge in [0.1, 0.15) is 5.75 Å². The number of aromatic nitrogens is 1. The highest BCUT2D eigenvalue weighted by atomic mass is 16.5. The number of rotatable bonds is 5. The highest BCUT2D eigenvalue weighted by Gasteiger charge is 2.03. The minimum atomic E-state index is 0.483. The van der Waals surface area contributed by atoms with E-state index < -0.39 is 0 Å². The standard InChI is InChI=1S/C15H20N2O/c1-3-4-7-18-13-5-6-14-12(9-13)8-11(2)15(10-16)17-14/h5-6,8-9H,3-4,7,10,16H2,1-2H3. The van der Waals surface area contributed by atoms with Gasteiger partial charge in [-0.2, -0.15) is 0 Å². The minimum absolute atomic E-state index is 0.483. The molecule has 96 valence electrons. The van der Waals surface area contributed by atoms with E-state index in [0.29, 0.717) is 6.54 Å². The fraction of sp³-hybridized carbons (Fsp3) is 0.400. The second kappa shape index (κ2) is 5.83. The van der Waals surface area contributed by atoms with Crippen molar-refractivity contribution >= 4 is 10.9 Å². The fourth-order valence-electron chi connectivity index (χ4n) is 1.93. The van der Waals surface area contributed by atoms with Crippen molar-refractivity contribution in [3.8, 4) is 5.75 Å². The van der Waals surface area contributed by atoms with Crippen LogP contribution in [0.4, 0.5) is 0 Å². The minimum Gasteiger partial charge on any atom is -0.494 e. The van der Waals surface area contributed by atoms with Crippen LogP contribution in [0.25, 0.3) is 10.9 Å². The van der Waals surface area contributed by atoms with E-state index in [1.807, 2.05) is 25.1 Å². The van der Waals surface area contributed by atoms with Gasteiger partial charge in [-0.05, 0) is 43.2 Å². The maximum Gasteiger partial charge on any atom is 0.120 e. The average molecular weight is 244 g/mol. The van der Waals surface area contributed by atoms with Gasteiger partial charge >= 0.3 is 0 Å². The van der Waals surface area contributed by atoms with Crippen molar-refractivity contribution in [2.24, 2.45) is 5.73 Å². The molecule has 0 bridgehead atoms. The zero-order chi connectivity index (χ0) is 13.0. The molecule has 0 atom stereocenters. The molecule has 0 saturated heterocycles. The molecular formula is C15H20N2O. The number of fused-ring (bicyclic) bond motifs is 1. The number of aryl methyl sites for hydroxylation is 1. The molecule has 0 fully saturated rings. The monoisotopic (exact) mass is 244 g/mol. The van der Waals surface area contributed by atoms with Crippen molar-refractivity contribution in [2.75, 3.05) is 6.61 Å². The second-order valence-electron chi connectivity index (χ2n) is 4.51. The molecule has 0 aliphatic carbocycles. The molecule has 1 aromatic heterocycles. The van der Waals surface area contributed by atoms with Gasteiger partial charge in [-0.15, -0.1) is 0 Å². The lowest BCUT2D eigenvalue weighted by molar-refractivity contribution is 0.310. The van der Waals surface area contributed by atoms with E-state index in [1.165, 1.54) is 0 Å². The Kier molecular flexibility index (Phi) is 4.15. The first-order valence-electron chi connectivity index (χ1n) is 6.47. The maximum atomic E-state index is 5.70. The maximum absolute atomic E-state index is 5.70. The lowest BCUT2D eigenvalue weighted by atomic mass is 10.1. The normalized spacial score (nSPS) is 10.8. The van der Waals surface area contributed by atoms with Gasteiger partial charge in [0.05, 0.1) is 17.8 Å². The Bertz CT molecular complexity index is 537. The first-order chi connectivity index (χ1) is 8.74. The molecule has 2 N–H and O–H groups in total. The van der Waals surface area contributed by atoms with Crippen LogP contribution in [0.5, 0.6) is 5.75 Å². The van der Waals surface area contributed by atoms with Crippen LogP contribution in [0.1, 0.15) is 31.0 Å². The molecule has 0 spiro atoms. The molecule has 18 heavy (non-hydrogen) atoms. The number of nitrogens with two attached hydrogens (primary N) is 1. The Morgan fingerprint density at radius 3 is 2.83 bits per heavy atom. The Balaban J connectivity index is 2.28. The molecule has 3 nitrogen and oxygen atoms in total. The summed E-state index contributed by atoms with van der Waals surface area (Å²) in [6, 6.07) is 8.14. The van der Waals surface area contributed by atoms with Gasteiger partial charge < -0.3 is 10.5 Å². The molecule has 0 aliphatic heterocycles. The van der Waals surface area contributed by atoms with E-state index in [1.54, 1.807) is 0 Å². The Labute approximate surface area is 108 Å². The number of hydrogen-bond donors (Lipinski definition) is 1. The quantitative estimate of drug-likeness (QED) is 0.822. The van der Waals surface area contributed by atoms with Crippen molar-refractivity contribution < 1.29 is 4.74 Å². The van der Waals surface area contributed by atoms with Crippen molar-refractivity contribution in [3.05, 3.63) is 35.5 Å². The predicted molar refractivity (Wildman–Crippen MR) is 74.8 cm³/mol. The largest absolute Gasteiger partial charge is 0.494 e. The van der Waals surface area contributed by atoms with Gasteiger partial charge in [0, 0.05) is 11.9 Å². The summed E-state index contributed by atoms with van der Waals surface area (Å²) in [6.07, 6.45) is 2.23. The van der Waals surface area contributed by atoms with Crippen molar-refractivity contribution in [2.45, 2.75) is 33.2 Å². The highest BCUT2D eigenvalue weighted by molar-refractivity contribution is 5.81. The molecule has 2 aromatic rings. The van der Waals surface area contributed by atoms with E-state index in [0.717, 1.165) is 47.4 Å². The van der Waals surface area contributed by atoms with E-state index in [-0.39, 0.29) is 0 Å². The summed E-state index contributed by atoms with van der Waals surface area (Å²) < 4.78 is 5.70. The topological polar surface area (TPSA) is 48.1 Å². The molecular weight excluding hydrogens is 224 g/mol. The molecule has 0 radical (unpaired) electrons. The van der Waals surface area contributed by atoms with Crippen LogP contribution in [-0.4, -0.2) is 11.6 Å². The van der Waals surface area contributed by atoms with Crippen LogP contribution < -0.4 is 10.5 Å². The first kappa shape index (κ1) is 12.8. The number of ether oxygens (including phenoxy) is 1. The number of nitrogens with zero attached hydrogens (tertiary/aromatic N) is 1. The van der Waals surface area contributed by atoms with E-state index >= 15 is 0 Å². The first-order valence-corrected chi connectivity index (χ1v) is 6.47. The summed E-state index contributed by atoms with van der Waals surface area (Å²) in [5, 5.41) is 1.11. The third-order valence-electron chi connectivity index (χ3n) is 3.04. The molecule has 0 saturated carbocycles. The lowest BCUT2D eigenvalue weighted by Crippen LogP contribution is -2.02. The van der Waals surface area contributed by atoms with Crippen molar-refractivity contribution in [1.29, 1.82) is 0 Å². The van der Waals surface area contributed by atoms with Crippen LogP contribution in [0.2, 0.25) is 0 Å². The third-order valence-corrected chi connectivity index (χ3v) is 3.04. The molecule has 0 aliphatic rings. The van der Waals surface area contributed by atoms with E-state index in [2.05, 4.69) is 18.0 Å². The molecule has 0 amide bonds. The number of hydrogen-bond acceptors (Lipinski definition) is 3. The highest BCUT2D eigenvalue weighted by Crippen LogP contribution is 2.22. The van der Waals surface area contributed by atoms with Gasteiger partial charge in [-0.1, -0.05) is 13.3 Å². The summed E-state index contributed by atoms with van der Waals surface area (Å²) in [5.41, 5.74) is 8.74. The van der Waals surface area contributed by atoms with Crippen LogP contribution in [0, 0.1) is 6.92 Å². The van der Waals surface area contributed by atoms with Gasteiger partial charge in [0.2, 0.25) is 0 Å². The molecule has 2 rings (SSSR count). The second-order valence-corrected chi connectivity index (χ2v) is 4.51.